The first-order chi connectivity index (χ1) is 8.60. The standard InChI is InChI=1S/C13H16N4O/c1-4-17-11(8-10(3)16-17)13(18)15-12-7-9(2)5-6-14-12/h5-8H,4H2,1-3H3,(H,14,15,18). The first kappa shape index (κ1) is 12.3. The largest absolute Gasteiger partial charge is 0.305 e. The second kappa shape index (κ2) is 5.00. The summed E-state index contributed by atoms with van der Waals surface area (Å²) in [7, 11) is 0. The van der Waals surface area contributed by atoms with Gasteiger partial charge in [-0.15, -0.1) is 0 Å². The van der Waals surface area contributed by atoms with Gasteiger partial charge in [-0.1, -0.05) is 0 Å². The molecule has 0 atom stereocenters. The maximum atomic E-state index is 12.1. The predicted octanol–water partition coefficient (Wildman–Crippen LogP) is 2.17. The minimum absolute atomic E-state index is 0.185. The molecule has 0 fully saturated rings. The Morgan fingerprint density at radius 2 is 2.17 bits per heavy atom. The van der Waals surface area contributed by atoms with E-state index in [9.17, 15) is 4.79 Å². The van der Waals surface area contributed by atoms with Crippen LogP contribution in [0, 0.1) is 13.8 Å². The molecular weight excluding hydrogens is 228 g/mol. The summed E-state index contributed by atoms with van der Waals surface area (Å²) in [6, 6.07) is 5.49. The number of hydrogen-bond acceptors (Lipinski definition) is 3. The molecule has 0 saturated heterocycles. The average Bonchev–Trinajstić information content (AvgIpc) is 2.70. The molecule has 0 unspecified atom stereocenters. The Morgan fingerprint density at radius 1 is 1.39 bits per heavy atom. The Labute approximate surface area is 106 Å². The zero-order valence-electron chi connectivity index (χ0n) is 10.8. The van der Waals surface area contributed by atoms with Crippen molar-refractivity contribution >= 4 is 11.7 Å². The van der Waals surface area contributed by atoms with Gasteiger partial charge < -0.3 is 5.32 Å². The monoisotopic (exact) mass is 244 g/mol. The van der Waals surface area contributed by atoms with Crippen LogP contribution < -0.4 is 5.32 Å². The fourth-order valence-corrected chi connectivity index (χ4v) is 1.75. The molecule has 18 heavy (non-hydrogen) atoms. The number of carbonyl (C=O) groups is 1. The van der Waals surface area contributed by atoms with Gasteiger partial charge in [0.25, 0.3) is 5.91 Å². The zero-order valence-corrected chi connectivity index (χ0v) is 10.8. The number of anilines is 1. The van der Waals surface area contributed by atoms with E-state index < -0.39 is 0 Å². The highest BCUT2D eigenvalue weighted by Crippen LogP contribution is 2.09. The molecule has 5 nitrogen and oxygen atoms in total. The highest BCUT2D eigenvalue weighted by Gasteiger charge is 2.13. The van der Waals surface area contributed by atoms with Crippen molar-refractivity contribution in [3.63, 3.8) is 0 Å². The van der Waals surface area contributed by atoms with E-state index in [-0.39, 0.29) is 5.91 Å². The van der Waals surface area contributed by atoms with Gasteiger partial charge in [0.05, 0.1) is 5.69 Å². The first-order valence-electron chi connectivity index (χ1n) is 5.88. The van der Waals surface area contributed by atoms with E-state index in [0.29, 0.717) is 18.1 Å². The zero-order chi connectivity index (χ0) is 13.1. The predicted molar refractivity (Wildman–Crippen MR) is 69.6 cm³/mol. The molecule has 0 saturated carbocycles. The van der Waals surface area contributed by atoms with E-state index in [1.165, 1.54) is 0 Å². The fraction of sp³-hybridized carbons (Fsp3) is 0.308. The van der Waals surface area contributed by atoms with Gasteiger partial charge >= 0.3 is 0 Å². The molecule has 2 aromatic heterocycles. The molecule has 0 spiro atoms. The van der Waals surface area contributed by atoms with Crippen LogP contribution in [0.1, 0.15) is 28.7 Å². The number of carbonyl (C=O) groups excluding carboxylic acids is 1. The lowest BCUT2D eigenvalue weighted by Gasteiger charge is -2.06. The highest BCUT2D eigenvalue weighted by atomic mass is 16.2. The molecule has 2 rings (SSSR count). The lowest BCUT2D eigenvalue weighted by atomic mass is 10.3. The molecule has 2 aromatic rings. The van der Waals surface area contributed by atoms with Crippen LogP contribution in [-0.4, -0.2) is 20.7 Å². The van der Waals surface area contributed by atoms with E-state index in [2.05, 4.69) is 15.4 Å². The van der Waals surface area contributed by atoms with Crippen LogP contribution in [-0.2, 0) is 6.54 Å². The summed E-state index contributed by atoms with van der Waals surface area (Å²) >= 11 is 0. The third-order valence-corrected chi connectivity index (χ3v) is 2.59. The van der Waals surface area contributed by atoms with Crippen molar-refractivity contribution in [3.8, 4) is 0 Å². The summed E-state index contributed by atoms with van der Waals surface area (Å²) in [5.41, 5.74) is 2.44. The second-order valence-electron chi connectivity index (χ2n) is 4.16. The van der Waals surface area contributed by atoms with Gasteiger partial charge in [0.2, 0.25) is 0 Å². The number of amides is 1. The van der Waals surface area contributed by atoms with Crippen LogP contribution in [0.2, 0.25) is 0 Å². The van der Waals surface area contributed by atoms with Crippen molar-refractivity contribution in [2.75, 3.05) is 5.32 Å². The third kappa shape index (κ3) is 2.56. The number of nitrogens with one attached hydrogen (secondary N) is 1. The van der Waals surface area contributed by atoms with Crippen molar-refractivity contribution in [1.29, 1.82) is 0 Å². The van der Waals surface area contributed by atoms with Crippen molar-refractivity contribution in [2.45, 2.75) is 27.3 Å². The van der Waals surface area contributed by atoms with Gasteiger partial charge in [-0.05, 0) is 44.5 Å². The van der Waals surface area contributed by atoms with Gasteiger partial charge in [-0.3, -0.25) is 9.48 Å². The summed E-state index contributed by atoms with van der Waals surface area (Å²) in [5, 5.41) is 7.02. The molecule has 0 aliphatic rings. The Morgan fingerprint density at radius 3 is 2.83 bits per heavy atom. The van der Waals surface area contributed by atoms with Crippen LogP contribution in [0.5, 0.6) is 0 Å². The molecule has 2 heterocycles. The molecule has 0 aliphatic carbocycles. The normalized spacial score (nSPS) is 10.4. The number of hydrogen-bond donors (Lipinski definition) is 1. The summed E-state index contributed by atoms with van der Waals surface area (Å²) in [4.78, 5) is 16.2. The van der Waals surface area contributed by atoms with Crippen molar-refractivity contribution in [1.82, 2.24) is 14.8 Å². The number of rotatable bonds is 3. The Balaban J connectivity index is 2.21. The molecule has 1 N–H and O–H groups in total. The Kier molecular flexibility index (Phi) is 3.41. The first-order valence-corrected chi connectivity index (χ1v) is 5.88. The highest BCUT2D eigenvalue weighted by molar-refractivity contribution is 6.02. The summed E-state index contributed by atoms with van der Waals surface area (Å²) in [5.74, 6) is 0.372. The molecular formula is C13H16N4O. The maximum absolute atomic E-state index is 12.1. The quantitative estimate of drug-likeness (QED) is 0.900. The van der Waals surface area contributed by atoms with Gasteiger partial charge in [0.15, 0.2) is 0 Å². The van der Waals surface area contributed by atoms with Crippen LogP contribution in [0.15, 0.2) is 24.4 Å². The van der Waals surface area contributed by atoms with Crippen molar-refractivity contribution < 1.29 is 4.79 Å². The van der Waals surface area contributed by atoms with E-state index in [1.54, 1.807) is 16.9 Å². The number of nitrogens with zero attached hydrogens (tertiary/aromatic N) is 3. The van der Waals surface area contributed by atoms with Gasteiger partial charge in [0, 0.05) is 12.7 Å². The van der Waals surface area contributed by atoms with Gasteiger partial charge in [-0.2, -0.15) is 5.10 Å². The molecule has 0 aromatic carbocycles. The summed E-state index contributed by atoms with van der Waals surface area (Å²) in [6.07, 6.45) is 1.67. The average molecular weight is 244 g/mol. The van der Waals surface area contributed by atoms with Crippen LogP contribution >= 0.6 is 0 Å². The topological polar surface area (TPSA) is 59.8 Å². The Hall–Kier alpha value is -2.17. The summed E-state index contributed by atoms with van der Waals surface area (Å²) in [6.45, 7) is 6.44. The second-order valence-corrected chi connectivity index (χ2v) is 4.16. The Bertz CT molecular complexity index is 574. The number of pyridine rings is 1. The SMILES string of the molecule is CCn1nc(C)cc1C(=O)Nc1cc(C)ccn1. The minimum atomic E-state index is -0.185. The van der Waals surface area contributed by atoms with E-state index in [4.69, 9.17) is 0 Å². The van der Waals surface area contributed by atoms with Crippen LogP contribution in [0.25, 0.3) is 0 Å². The molecule has 0 aliphatic heterocycles. The maximum Gasteiger partial charge on any atom is 0.275 e. The smallest absolute Gasteiger partial charge is 0.275 e. The van der Waals surface area contributed by atoms with Crippen molar-refractivity contribution in [2.24, 2.45) is 0 Å². The third-order valence-electron chi connectivity index (χ3n) is 2.59. The summed E-state index contributed by atoms with van der Waals surface area (Å²) < 4.78 is 1.68. The number of aryl methyl sites for hydroxylation is 3. The van der Waals surface area contributed by atoms with Crippen molar-refractivity contribution in [3.05, 3.63) is 41.3 Å². The molecule has 0 bridgehead atoms. The van der Waals surface area contributed by atoms with E-state index in [0.717, 1.165) is 11.3 Å². The van der Waals surface area contributed by atoms with E-state index >= 15 is 0 Å². The van der Waals surface area contributed by atoms with E-state index in [1.807, 2.05) is 32.9 Å². The minimum Gasteiger partial charge on any atom is -0.305 e. The van der Waals surface area contributed by atoms with Gasteiger partial charge in [0.1, 0.15) is 11.5 Å². The lowest BCUT2D eigenvalue weighted by molar-refractivity contribution is 0.101. The molecule has 0 radical (unpaired) electrons. The number of aromatic nitrogens is 3. The molecule has 5 heteroatoms. The van der Waals surface area contributed by atoms with Gasteiger partial charge in [-0.25, -0.2) is 4.98 Å². The lowest BCUT2D eigenvalue weighted by Crippen LogP contribution is -2.18. The van der Waals surface area contributed by atoms with Crippen LogP contribution in [0.4, 0.5) is 5.82 Å². The molecule has 1 amide bonds. The molecule has 94 valence electrons. The fourth-order valence-electron chi connectivity index (χ4n) is 1.75. The van der Waals surface area contributed by atoms with Crippen LogP contribution in [0.3, 0.4) is 0 Å².